The lowest BCUT2D eigenvalue weighted by Gasteiger charge is -2.32. The molecule has 0 radical (unpaired) electrons. The van der Waals surface area contributed by atoms with Crippen LogP contribution in [0, 0.1) is 6.92 Å². The van der Waals surface area contributed by atoms with Crippen LogP contribution in [0.5, 0.6) is 0 Å². The van der Waals surface area contributed by atoms with Crippen molar-refractivity contribution in [3.63, 3.8) is 0 Å². The maximum Gasteiger partial charge on any atom is 0.155 e. The van der Waals surface area contributed by atoms with Crippen LogP contribution in [0.25, 0.3) is 0 Å². The number of carbonyl (C=O) groups excluding carboxylic acids is 1. The molecule has 4 rings (SSSR count). The summed E-state index contributed by atoms with van der Waals surface area (Å²) in [5, 5.41) is 0. The Labute approximate surface area is 137 Å². The quantitative estimate of drug-likeness (QED) is 0.657. The highest BCUT2D eigenvalue weighted by molar-refractivity contribution is 7.17. The van der Waals surface area contributed by atoms with Crippen LogP contribution in [0.2, 0.25) is 4.34 Å². The smallest absolute Gasteiger partial charge is 0.155 e. The number of halogens is 1. The molecule has 0 unspecified atom stereocenters. The Morgan fingerprint density at radius 1 is 1.10 bits per heavy atom. The van der Waals surface area contributed by atoms with E-state index in [2.05, 4.69) is 25.1 Å². The van der Waals surface area contributed by atoms with Crippen LogP contribution in [-0.4, -0.2) is 5.78 Å². The van der Waals surface area contributed by atoms with Gasteiger partial charge in [0.05, 0.1) is 9.75 Å². The van der Waals surface area contributed by atoms with E-state index in [0.29, 0.717) is 6.42 Å². The first-order valence-electron chi connectivity index (χ1n) is 7.19. The largest absolute Gasteiger partial charge is 0.295 e. The first-order valence-corrected chi connectivity index (χ1v) is 9.20. The summed E-state index contributed by atoms with van der Waals surface area (Å²) in [6, 6.07) is 4.45. The molecule has 21 heavy (non-hydrogen) atoms. The van der Waals surface area contributed by atoms with E-state index >= 15 is 0 Å². The van der Waals surface area contributed by atoms with Crippen molar-refractivity contribution in [2.75, 3.05) is 0 Å². The number of hydrogen-bond acceptors (Lipinski definition) is 3. The Bertz CT molecular complexity index is 718. The van der Waals surface area contributed by atoms with Crippen molar-refractivity contribution in [1.29, 1.82) is 0 Å². The molecule has 0 aliphatic heterocycles. The molecule has 0 amide bonds. The third-order valence-corrected chi connectivity index (χ3v) is 7.26. The van der Waals surface area contributed by atoms with Gasteiger partial charge >= 0.3 is 0 Å². The van der Waals surface area contributed by atoms with Crippen LogP contribution >= 0.6 is 34.3 Å². The lowest BCUT2D eigenvalue weighted by molar-refractivity contribution is -0.115. The molecule has 0 N–H and O–H groups in total. The molecule has 0 fully saturated rings. The molecule has 2 heterocycles. The van der Waals surface area contributed by atoms with Gasteiger partial charge in [0, 0.05) is 21.1 Å². The third-order valence-electron chi connectivity index (χ3n) is 4.50. The summed E-state index contributed by atoms with van der Waals surface area (Å²) in [4.78, 5) is 15.9. The van der Waals surface area contributed by atoms with Gasteiger partial charge in [0.15, 0.2) is 5.78 Å². The molecule has 2 aliphatic carbocycles. The van der Waals surface area contributed by atoms with Gasteiger partial charge in [-0.15, -0.1) is 22.7 Å². The van der Waals surface area contributed by atoms with Crippen molar-refractivity contribution in [2.45, 2.75) is 38.0 Å². The summed E-state index contributed by atoms with van der Waals surface area (Å²) in [6.45, 7) is 2.17. The van der Waals surface area contributed by atoms with Gasteiger partial charge < -0.3 is 0 Å². The molecule has 4 heteroatoms. The number of fused-ring (bicyclic) bond motifs is 4. The van der Waals surface area contributed by atoms with Crippen LogP contribution < -0.4 is 0 Å². The molecule has 1 atom stereocenters. The normalized spacial score (nSPS) is 24.0. The lowest BCUT2D eigenvalue weighted by atomic mass is 9.75. The maximum atomic E-state index is 11.7. The number of ketones is 1. The standard InChI is InChI=1S/C17H15ClOS2/c1-10-8-11-2-3-12-9-14(18)21-16(12)17(15(11)20-10)6-4-13(19)5-7-17/h4,6,8-9H,2-3,5,7H2,1H3/t17-/m1/s1. The summed E-state index contributed by atoms with van der Waals surface area (Å²) >= 11 is 9.87. The van der Waals surface area contributed by atoms with Crippen LogP contribution in [0.3, 0.4) is 0 Å². The van der Waals surface area contributed by atoms with Crippen molar-refractivity contribution < 1.29 is 4.79 Å². The van der Waals surface area contributed by atoms with E-state index < -0.39 is 0 Å². The zero-order valence-corrected chi connectivity index (χ0v) is 14.1. The molecule has 2 aromatic heterocycles. The second-order valence-electron chi connectivity index (χ2n) is 5.89. The van der Waals surface area contributed by atoms with Gasteiger partial charge in [-0.05, 0) is 55.5 Å². The molecule has 108 valence electrons. The highest BCUT2D eigenvalue weighted by atomic mass is 35.5. The fourth-order valence-electron chi connectivity index (χ4n) is 3.56. The number of carbonyl (C=O) groups is 1. The average molecular weight is 335 g/mol. The van der Waals surface area contributed by atoms with E-state index in [-0.39, 0.29) is 11.2 Å². The zero-order valence-electron chi connectivity index (χ0n) is 11.7. The van der Waals surface area contributed by atoms with Gasteiger partial charge in [-0.25, -0.2) is 0 Å². The predicted molar refractivity (Wildman–Crippen MR) is 90.0 cm³/mol. The third kappa shape index (κ3) is 2.06. The van der Waals surface area contributed by atoms with E-state index in [4.69, 9.17) is 11.6 Å². The Kier molecular flexibility index (Phi) is 3.14. The lowest BCUT2D eigenvalue weighted by Crippen LogP contribution is -2.28. The molecular formula is C17H15ClOS2. The van der Waals surface area contributed by atoms with E-state index in [1.807, 2.05) is 11.3 Å². The van der Waals surface area contributed by atoms with Gasteiger partial charge in [0.25, 0.3) is 0 Å². The van der Waals surface area contributed by atoms with Gasteiger partial charge in [-0.3, -0.25) is 4.79 Å². The molecule has 2 aliphatic rings. The summed E-state index contributed by atoms with van der Waals surface area (Å²) in [5.41, 5.74) is 2.70. The van der Waals surface area contributed by atoms with Gasteiger partial charge in [0.1, 0.15) is 0 Å². The van der Waals surface area contributed by atoms with Crippen molar-refractivity contribution in [3.05, 3.63) is 54.4 Å². The molecule has 2 aromatic rings. The highest BCUT2D eigenvalue weighted by Crippen LogP contribution is 2.51. The van der Waals surface area contributed by atoms with Gasteiger partial charge in [-0.2, -0.15) is 0 Å². The first-order chi connectivity index (χ1) is 10.1. The molecule has 1 spiro atoms. The topological polar surface area (TPSA) is 17.1 Å². The minimum absolute atomic E-state index is 0.119. The summed E-state index contributed by atoms with van der Waals surface area (Å²) in [5.74, 6) is 0.240. The average Bonchev–Trinajstić information content (AvgIpc) is 2.99. The van der Waals surface area contributed by atoms with E-state index in [1.54, 1.807) is 17.4 Å². The Morgan fingerprint density at radius 2 is 1.81 bits per heavy atom. The minimum Gasteiger partial charge on any atom is -0.295 e. The minimum atomic E-state index is -0.119. The van der Waals surface area contributed by atoms with Crippen LogP contribution in [0.4, 0.5) is 0 Å². The van der Waals surface area contributed by atoms with Crippen LogP contribution in [0.1, 0.15) is 38.6 Å². The Morgan fingerprint density at radius 3 is 2.52 bits per heavy atom. The molecule has 0 saturated carbocycles. The van der Waals surface area contributed by atoms with E-state index in [9.17, 15) is 4.79 Å². The number of allylic oxidation sites excluding steroid dienone is 2. The zero-order chi connectivity index (χ0) is 14.6. The second kappa shape index (κ2) is 4.80. The van der Waals surface area contributed by atoms with Gasteiger partial charge in [-0.1, -0.05) is 17.7 Å². The monoisotopic (exact) mass is 334 g/mol. The molecule has 0 saturated heterocycles. The Hall–Kier alpha value is -0.900. The number of aryl methyl sites for hydroxylation is 3. The van der Waals surface area contributed by atoms with E-state index in [1.165, 1.54) is 25.8 Å². The van der Waals surface area contributed by atoms with Crippen LogP contribution in [0.15, 0.2) is 24.3 Å². The van der Waals surface area contributed by atoms with Crippen molar-refractivity contribution in [3.8, 4) is 0 Å². The van der Waals surface area contributed by atoms with Crippen LogP contribution in [-0.2, 0) is 23.1 Å². The SMILES string of the molecule is Cc1cc2c(s1)[C@]1(C=CC(=O)CC1)c1sc(Cl)cc1CC2. The summed E-state index contributed by atoms with van der Waals surface area (Å²) in [7, 11) is 0. The fourth-order valence-corrected chi connectivity index (χ4v) is 6.40. The number of thiophene rings is 2. The predicted octanol–water partition coefficient (Wildman–Crippen LogP) is 5.08. The molecular weight excluding hydrogens is 320 g/mol. The maximum absolute atomic E-state index is 11.7. The van der Waals surface area contributed by atoms with Crippen molar-refractivity contribution in [2.24, 2.45) is 0 Å². The summed E-state index contributed by atoms with van der Waals surface area (Å²) < 4.78 is 0.862. The number of rotatable bonds is 0. The van der Waals surface area contributed by atoms with Crippen molar-refractivity contribution in [1.82, 2.24) is 0 Å². The molecule has 0 aromatic carbocycles. The fraction of sp³-hybridized carbons (Fsp3) is 0.353. The van der Waals surface area contributed by atoms with Crippen molar-refractivity contribution >= 4 is 40.1 Å². The molecule has 1 nitrogen and oxygen atoms in total. The van der Waals surface area contributed by atoms with Gasteiger partial charge in [0.2, 0.25) is 0 Å². The highest BCUT2D eigenvalue weighted by Gasteiger charge is 2.42. The summed E-state index contributed by atoms with van der Waals surface area (Å²) in [6.07, 6.45) is 7.55. The van der Waals surface area contributed by atoms with E-state index in [0.717, 1.165) is 23.6 Å². The second-order valence-corrected chi connectivity index (χ2v) is 8.83. The molecule has 0 bridgehead atoms. The Balaban J connectivity index is 2.02. The first kappa shape index (κ1) is 13.7. The number of hydrogen-bond donors (Lipinski definition) is 0.